The zero-order valence-corrected chi connectivity index (χ0v) is 7.61. The van der Waals surface area contributed by atoms with Gasteiger partial charge in [0.2, 0.25) is 0 Å². The third-order valence-electron chi connectivity index (χ3n) is 1.89. The van der Waals surface area contributed by atoms with E-state index < -0.39 is 0 Å². The lowest BCUT2D eigenvalue weighted by molar-refractivity contribution is 0.991. The zero-order chi connectivity index (χ0) is 8.55. The molecule has 1 heterocycles. The molecule has 0 aromatic carbocycles. The molecule has 2 N–H and O–H groups in total. The molecular weight excluding hydrogens is 168 g/mol. The van der Waals surface area contributed by atoms with Crippen LogP contribution in [-0.2, 0) is 0 Å². The van der Waals surface area contributed by atoms with Gasteiger partial charge in [-0.1, -0.05) is 25.2 Å². The molecule has 2 nitrogen and oxygen atoms in total. The maximum Gasteiger partial charge on any atom is 0.175 e. The van der Waals surface area contributed by atoms with E-state index in [1.807, 2.05) is 12.2 Å². The van der Waals surface area contributed by atoms with Crippen molar-refractivity contribution in [1.82, 2.24) is 9.97 Å². The summed E-state index contributed by atoms with van der Waals surface area (Å²) in [6, 6.07) is 0. The van der Waals surface area contributed by atoms with Crippen LogP contribution in [0.25, 0.3) is 12.2 Å². The van der Waals surface area contributed by atoms with E-state index >= 15 is 0 Å². The molecule has 1 atom stereocenters. The Balaban J connectivity index is 2.83. The van der Waals surface area contributed by atoms with Gasteiger partial charge in [-0.05, 0) is 24.2 Å². The van der Waals surface area contributed by atoms with E-state index in [0.29, 0.717) is 10.7 Å². The Kier molecular flexibility index (Phi) is 1.73. The van der Waals surface area contributed by atoms with Crippen molar-refractivity contribution in [1.29, 1.82) is 0 Å². The smallest absolute Gasteiger partial charge is 0.175 e. The van der Waals surface area contributed by atoms with Gasteiger partial charge in [0.05, 0.1) is 10.7 Å². The minimum absolute atomic E-state index is 0.462. The summed E-state index contributed by atoms with van der Waals surface area (Å²) in [5.41, 5.74) is 0. The van der Waals surface area contributed by atoms with E-state index in [-0.39, 0.29) is 0 Å². The van der Waals surface area contributed by atoms with Gasteiger partial charge >= 0.3 is 0 Å². The van der Waals surface area contributed by atoms with E-state index in [4.69, 9.17) is 12.2 Å². The first-order valence-corrected chi connectivity index (χ1v) is 4.35. The third kappa shape index (κ3) is 1.28. The summed E-state index contributed by atoms with van der Waals surface area (Å²) in [4.78, 5) is 6.18. The summed E-state index contributed by atoms with van der Waals surface area (Å²) in [7, 11) is 0. The standard InChI is InChI=1S/C9H10N2S/c1-6-3-2-4-7-8(5-6)11-9(12)10-7/h2-6H,1H3,(H2,10,11,12). The molecule has 1 aliphatic carbocycles. The molecule has 2 rings (SSSR count). The van der Waals surface area contributed by atoms with Gasteiger partial charge in [0.15, 0.2) is 4.77 Å². The predicted molar refractivity (Wildman–Crippen MR) is 52.5 cm³/mol. The fraction of sp³-hybridized carbons (Fsp3) is 0.222. The molecule has 0 aliphatic heterocycles. The molecule has 0 amide bonds. The molecule has 62 valence electrons. The lowest BCUT2D eigenvalue weighted by atomic mass is 10.2. The zero-order valence-electron chi connectivity index (χ0n) is 6.79. The van der Waals surface area contributed by atoms with Gasteiger partial charge in [0.25, 0.3) is 0 Å². The number of fused-ring (bicyclic) bond motifs is 1. The fourth-order valence-electron chi connectivity index (χ4n) is 1.32. The van der Waals surface area contributed by atoms with Crippen molar-refractivity contribution >= 4 is 24.4 Å². The highest BCUT2D eigenvalue weighted by Gasteiger charge is 1.95. The highest BCUT2D eigenvalue weighted by Crippen LogP contribution is 1.99. The highest BCUT2D eigenvalue weighted by molar-refractivity contribution is 7.71. The van der Waals surface area contributed by atoms with Gasteiger partial charge < -0.3 is 9.97 Å². The summed E-state index contributed by atoms with van der Waals surface area (Å²) in [5.74, 6) is 0.462. The minimum Gasteiger partial charge on any atom is -0.331 e. The molecule has 3 heteroatoms. The van der Waals surface area contributed by atoms with Crippen molar-refractivity contribution in [3.63, 3.8) is 0 Å². The first-order valence-electron chi connectivity index (χ1n) is 3.94. The molecule has 0 saturated carbocycles. The molecule has 0 fully saturated rings. The van der Waals surface area contributed by atoms with Crippen molar-refractivity contribution in [2.45, 2.75) is 6.92 Å². The van der Waals surface area contributed by atoms with Gasteiger partial charge in [-0.2, -0.15) is 0 Å². The van der Waals surface area contributed by atoms with Crippen molar-refractivity contribution in [2.24, 2.45) is 5.92 Å². The van der Waals surface area contributed by atoms with E-state index in [2.05, 4.69) is 29.0 Å². The van der Waals surface area contributed by atoms with Crippen molar-refractivity contribution < 1.29 is 0 Å². The van der Waals surface area contributed by atoms with Crippen molar-refractivity contribution in [3.05, 3.63) is 27.6 Å². The Morgan fingerprint density at radius 2 is 2.08 bits per heavy atom. The first-order chi connectivity index (χ1) is 5.75. The average molecular weight is 178 g/mol. The van der Waals surface area contributed by atoms with Crippen LogP contribution in [-0.4, -0.2) is 9.97 Å². The average Bonchev–Trinajstić information content (AvgIpc) is 2.23. The summed E-state index contributed by atoms with van der Waals surface area (Å²) in [5, 5.41) is 2.16. The monoisotopic (exact) mass is 178 g/mol. The molecule has 12 heavy (non-hydrogen) atoms. The van der Waals surface area contributed by atoms with E-state index in [0.717, 1.165) is 10.7 Å². The quantitative estimate of drug-likeness (QED) is 0.567. The number of aromatic nitrogens is 2. The van der Waals surface area contributed by atoms with Gasteiger partial charge in [0, 0.05) is 0 Å². The molecule has 1 unspecified atom stereocenters. The van der Waals surface area contributed by atoms with Gasteiger partial charge in [-0.25, -0.2) is 0 Å². The number of rotatable bonds is 0. The Hall–Kier alpha value is -1.09. The van der Waals surface area contributed by atoms with Gasteiger partial charge in [-0.15, -0.1) is 0 Å². The lowest BCUT2D eigenvalue weighted by Gasteiger charge is -1.91. The lowest BCUT2D eigenvalue weighted by Crippen LogP contribution is -2.23. The van der Waals surface area contributed by atoms with Crippen LogP contribution in [0.15, 0.2) is 12.2 Å². The van der Waals surface area contributed by atoms with Crippen LogP contribution >= 0.6 is 12.2 Å². The van der Waals surface area contributed by atoms with Crippen molar-refractivity contribution in [3.8, 4) is 0 Å². The molecule has 1 aliphatic rings. The highest BCUT2D eigenvalue weighted by atomic mass is 32.1. The second kappa shape index (κ2) is 2.75. The summed E-state index contributed by atoms with van der Waals surface area (Å²) >= 11 is 4.99. The molecule has 0 radical (unpaired) electrons. The maximum absolute atomic E-state index is 4.99. The van der Waals surface area contributed by atoms with Gasteiger partial charge in [0.1, 0.15) is 0 Å². The summed E-state index contributed by atoms with van der Waals surface area (Å²) in [6.07, 6.45) is 8.38. The molecule has 1 aromatic heterocycles. The van der Waals surface area contributed by atoms with Crippen LogP contribution in [0.3, 0.4) is 0 Å². The molecule has 0 bridgehead atoms. The number of hydrogen-bond acceptors (Lipinski definition) is 1. The number of aromatic amines is 2. The number of nitrogens with one attached hydrogen (secondary N) is 2. The number of allylic oxidation sites excluding steroid dienone is 2. The van der Waals surface area contributed by atoms with Crippen LogP contribution in [0.5, 0.6) is 0 Å². The largest absolute Gasteiger partial charge is 0.331 e. The third-order valence-corrected chi connectivity index (χ3v) is 2.10. The Bertz CT molecular complexity index is 475. The SMILES string of the molecule is CC1C=CC=c2[nH]c(=S)[nH]c2=C1. The number of imidazole rings is 1. The second-order valence-electron chi connectivity index (χ2n) is 2.98. The summed E-state index contributed by atoms with van der Waals surface area (Å²) < 4.78 is 0.690. The molecular formula is C9H10N2S. The fourth-order valence-corrected chi connectivity index (χ4v) is 1.54. The molecule has 0 saturated heterocycles. The van der Waals surface area contributed by atoms with Crippen LogP contribution in [0, 0.1) is 10.7 Å². The Morgan fingerprint density at radius 1 is 1.33 bits per heavy atom. The minimum atomic E-state index is 0.462. The van der Waals surface area contributed by atoms with Crippen LogP contribution in [0.4, 0.5) is 0 Å². The van der Waals surface area contributed by atoms with Crippen LogP contribution in [0.1, 0.15) is 6.92 Å². The Morgan fingerprint density at radius 3 is 2.92 bits per heavy atom. The molecule has 1 aromatic rings. The summed E-state index contributed by atoms with van der Waals surface area (Å²) in [6.45, 7) is 2.14. The maximum atomic E-state index is 4.99. The number of H-pyrrole nitrogens is 2. The second-order valence-corrected chi connectivity index (χ2v) is 3.39. The first kappa shape index (κ1) is 7.55. The Labute approximate surface area is 75.3 Å². The van der Waals surface area contributed by atoms with E-state index in [1.165, 1.54) is 0 Å². The van der Waals surface area contributed by atoms with Crippen LogP contribution in [0.2, 0.25) is 0 Å². The van der Waals surface area contributed by atoms with E-state index in [1.54, 1.807) is 0 Å². The predicted octanol–water partition coefficient (Wildman–Crippen LogP) is 0.839. The van der Waals surface area contributed by atoms with E-state index in [9.17, 15) is 0 Å². The molecule has 0 spiro atoms. The van der Waals surface area contributed by atoms with Crippen molar-refractivity contribution in [2.75, 3.05) is 0 Å². The van der Waals surface area contributed by atoms with Crippen LogP contribution < -0.4 is 10.7 Å². The number of hydrogen-bond donors (Lipinski definition) is 2. The normalized spacial score (nSPS) is 20.6. The topological polar surface area (TPSA) is 31.6 Å². The van der Waals surface area contributed by atoms with Gasteiger partial charge in [-0.3, -0.25) is 0 Å².